The van der Waals surface area contributed by atoms with Crippen molar-refractivity contribution in [3.63, 3.8) is 0 Å². The van der Waals surface area contributed by atoms with Crippen molar-refractivity contribution in [3.8, 4) is 17.1 Å². The molecule has 1 aliphatic carbocycles. The van der Waals surface area contributed by atoms with Crippen molar-refractivity contribution in [1.29, 1.82) is 0 Å². The van der Waals surface area contributed by atoms with E-state index in [0.29, 0.717) is 23.3 Å². The number of anilines is 1. The first-order chi connectivity index (χ1) is 9.04. The van der Waals surface area contributed by atoms with Gasteiger partial charge in [0, 0.05) is 5.69 Å². The highest BCUT2D eigenvalue weighted by molar-refractivity contribution is 5.77. The Balaban J connectivity index is 2.12. The van der Waals surface area contributed by atoms with Crippen molar-refractivity contribution in [2.75, 3.05) is 12.8 Å². The zero-order valence-electron chi connectivity index (χ0n) is 11.3. The molecule has 1 saturated carbocycles. The number of aromatic nitrogens is 4. The van der Waals surface area contributed by atoms with Crippen LogP contribution in [-0.4, -0.2) is 27.3 Å². The van der Waals surface area contributed by atoms with E-state index in [1.807, 2.05) is 22.9 Å². The summed E-state index contributed by atoms with van der Waals surface area (Å²) in [4.78, 5) is 0. The molecule has 1 aromatic carbocycles. The van der Waals surface area contributed by atoms with E-state index in [2.05, 4.69) is 29.4 Å². The van der Waals surface area contributed by atoms with Crippen molar-refractivity contribution in [2.24, 2.45) is 5.41 Å². The molecule has 100 valence electrons. The highest BCUT2D eigenvalue weighted by Gasteiger charge is 2.49. The van der Waals surface area contributed by atoms with Crippen molar-refractivity contribution < 1.29 is 4.74 Å². The molecular weight excluding hydrogens is 242 g/mol. The molecule has 1 fully saturated rings. The topological polar surface area (TPSA) is 78.8 Å². The van der Waals surface area contributed by atoms with Crippen molar-refractivity contribution in [1.82, 2.24) is 20.2 Å². The minimum atomic E-state index is 0.237. The summed E-state index contributed by atoms with van der Waals surface area (Å²) in [5.41, 5.74) is 7.67. The SMILES string of the molecule is COc1cccc(N)c1-c1nnnn1C1CC1(C)C. The maximum absolute atomic E-state index is 6.06. The van der Waals surface area contributed by atoms with Crippen molar-refractivity contribution in [2.45, 2.75) is 26.3 Å². The fourth-order valence-corrected chi connectivity index (χ4v) is 2.38. The van der Waals surface area contributed by atoms with Crippen LogP contribution >= 0.6 is 0 Å². The average molecular weight is 259 g/mol. The summed E-state index contributed by atoms with van der Waals surface area (Å²) in [6.45, 7) is 4.41. The minimum Gasteiger partial charge on any atom is -0.496 e. The molecule has 6 nitrogen and oxygen atoms in total. The van der Waals surface area contributed by atoms with Gasteiger partial charge in [0.05, 0.1) is 18.7 Å². The van der Waals surface area contributed by atoms with Crippen LogP contribution in [0, 0.1) is 5.41 Å². The molecule has 0 bridgehead atoms. The summed E-state index contributed by atoms with van der Waals surface area (Å²) >= 11 is 0. The van der Waals surface area contributed by atoms with Gasteiger partial charge in [-0.05, 0) is 34.4 Å². The van der Waals surface area contributed by atoms with E-state index in [9.17, 15) is 0 Å². The molecule has 2 N–H and O–H groups in total. The molecule has 0 amide bonds. The lowest BCUT2D eigenvalue weighted by Crippen LogP contribution is -2.06. The maximum atomic E-state index is 6.06. The lowest BCUT2D eigenvalue weighted by atomic mass is 10.1. The van der Waals surface area contributed by atoms with Gasteiger partial charge < -0.3 is 10.5 Å². The average Bonchev–Trinajstić information content (AvgIpc) is 2.81. The lowest BCUT2D eigenvalue weighted by Gasteiger charge is -2.11. The third kappa shape index (κ3) is 1.83. The van der Waals surface area contributed by atoms with Gasteiger partial charge in [-0.1, -0.05) is 19.9 Å². The number of nitrogens with two attached hydrogens (primary N) is 1. The summed E-state index contributed by atoms with van der Waals surface area (Å²) in [6, 6.07) is 5.87. The Morgan fingerprint density at radius 1 is 1.42 bits per heavy atom. The molecule has 0 spiro atoms. The highest BCUT2D eigenvalue weighted by Crippen LogP contribution is 2.56. The standard InChI is InChI=1S/C13H17N5O/c1-13(2)7-10(13)18-12(15-16-17-18)11-8(14)5-4-6-9(11)19-3/h4-6,10H,7,14H2,1-3H3. The van der Waals surface area contributed by atoms with E-state index in [4.69, 9.17) is 10.5 Å². The molecule has 2 aromatic rings. The molecule has 1 aromatic heterocycles. The molecule has 1 unspecified atom stereocenters. The molecular formula is C13H17N5O. The van der Waals surface area contributed by atoms with Crippen LogP contribution in [0.5, 0.6) is 5.75 Å². The number of rotatable bonds is 3. The van der Waals surface area contributed by atoms with Gasteiger partial charge in [-0.3, -0.25) is 0 Å². The Labute approximate surface area is 111 Å². The van der Waals surface area contributed by atoms with Gasteiger partial charge >= 0.3 is 0 Å². The Kier molecular flexibility index (Phi) is 2.48. The molecule has 19 heavy (non-hydrogen) atoms. The summed E-state index contributed by atoms with van der Waals surface area (Å²) in [5, 5.41) is 12.0. The van der Waals surface area contributed by atoms with Crippen LogP contribution in [0.2, 0.25) is 0 Å². The van der Waals surface area contributed by atoms with Gasteiger partial charge in [0.15, 0.2) is 5.82 Å². The monoisotopic (exact) mass is 259 g/mol. The molecule has 1 aliphatic rings. The second kappa shape index (κ2) is 3.94. The van der Waals surface area contributed by atoms with Crippen LogP contribution in [0.3, 0.4) is 0 Å². The quantitative estimate of drug-likeness (QED) is 0.852. The van der Waals surface area contributed by atoms with Crippen LogP contribution < -0.4 is 10.5 Å². The Morgan fingerprint density at radius 3 is 2.79 bits per heavy atom. The fraction of sp³-hybridized carbons (Fsp3) is 0.462. The minimum absolute atomic E-state index is 0.237. The van der Waals surface area contributed by atoms with Gasteiger partial charge in [-0.2, -0.15) is 0 Å². The maximum Gasteiger partial charge on any atom is 0.188 e. The summed E-state index contributed by atoms with van der Waals surface area (Å²) < 4.78 is 7.22. The van der Waals surface area contributed by atoms with Crippen LogP contribution in [0.15, 0.2) is 18.2 Å². The Bertz CT molecular complexity index is 619. The largest absolute Gasteiger partial charge is 0.496 e. The summed E-state index contributed by atoms with van der Waals surface area (Å²) in [6.07, 6.45) is 1.07. The number of nitrogens with zero attached hydrogens (tertiary/aromatic N) is 4. The number of tetrazole rings is 1. The normalized spacial score (nSPS) is 20.3. The molecule has 3 rings (SSSR count). The summed E-state index contributed by atoms with van der Waals surface area (Å²) in [7, 11) is 1.62. The predicted molar refractivity (Wildman–Crippen MR) is 71.7 cm³/mol. The summed E-state index contributed by atoms with van der Waals surface area (Å²) in [5.74, 6) is 1.36. The van der Waals surface area contributed by atoms with E-state index < -0.39 is 0 Å². The van der Waals surface area contributed by atoms with Crippen LogP contribution in [0.4, 0.5) is 5.69 Å². The second-order valence-electron chi connectivity index (χ2n) is 5.58. The zero-order valence-corrected chi connectivity index (χ0v) is 11.3. The lowest BCUT2D eigenvalue weighted by molar-refractivity contribution is 0.415. The third-order valence-corrected chi connectivity index (χ3v) is 3.75. The van der Waals surface area contributed by atoms with E-state index in [1.165, 1.54) is 0 Å². The van der Waals surface area contributed by atoms with Crippen molar-refractivity contribution in [3.05, 3.63) is 18.2 Å². The van der Waals surface area contributed by atoms with Gasteiger partial charge in [0.1, 0.15) is 5.75 Å². The first-order valence-electron chi connectivity index (χ1n) is 6.25. The smallest absolute Gasteiger partial charge is 0.188 e. The molecule has 0 aliphatic heterocycles. The van der Waals surface area contributed by atoms with Gasteiger partial charge in [0.2, 0.25) is 0 Å². The van der Waals surface area contributed by atoms with Gasteiger partial charge in [0.25, 0.3) is 0 Å². The number of ether oxygens (including phenoxy) is 1. The Hall–Kier alpha value is -2.11. The molecule has 6 heteroatoms. The molecule has 1 atom stereocenters. The molecule has 0 saturated heterocycles. The predicted octanol–water partition coefficient (Wildman–Crippen LogP) is 1.90. The Morgan fingerprint density at radius 2 is 2.16 bits per heavy atom. The van der Waals surface area contributed by atoms with Crippen LogP contribution in [-0.2, 0) is 0 Å². The van der Waals surface area contributed by atoms with Crippen LogP contribution in [0.25, 0.3) is 11.4 Å². The molecule has 1 heterocycles. The van der Waals surface area contributed by atoms with Gasteiger partial charge in [-0.15, -0.1) is 5.10 Å². The number of benzene rings is 1. The van der Waals surface area contributed by atoms with E-state index in [-0.39, 0.29) is 5.41 Å². The van der Waals surface area contributed by atoms with E-state index in [1.54, 1.807) is 7.11 Å². The van der Waals surface area contributed by atoms with E-state index >= 15 is 0 Å². The zero-order chi connectivity index (χ0) is 13.6. The fourth-order valence-electron chi connectivity index (χ4n) is 2.38. The highest BCUT2D eigenvalue weighted by atomic mass is 16.5. The number of methoxy groups -OCH3 is 1. The van der Waals surface area contributed by atoms with Crippen molar-refractivity contribution >= 4 is 5.69 Å². The van der Waals surface area contributed by atoms with Crippen LogP contribution in [0.1, 0.15) is 26.3 Å². The van der Waals surface area contributed by atoms with Gasteiger partial charge in [-0.25, -0.2) is 4.68 Å². The second-order valence-corrected chi connectivity index (χ2v) is 5.58. The first kappa shape index (κ1) is 12.0. The third-order valence-electron chi connectivity index (χ3n) is 3.75. The number of hydrogen-bond donors (Lipinski definition) is 1. The number of hydrogen-bond acceptors (Lipinski definition) is 5. The molecule has 0 radical (unpaired) electrons. The van der Waals surface area contributed by atoms with E-state index in [0.717, 1.165) is 12.0 Å². The first-order valence-corrected chi connectivity index (χ1v) is 6.25. The number of nitrogen functional groups attached to an aromatic ring is 1.